The summed E-state index contributed by atoms with van der Waals surface area (Å²) in [7, 11) is -2.59. The van der Waals surface area contributed by atoms with Crippen molar-refractivity contribution in [2.75, 3.05) is 7.05 Å². The normalized spacial score (nSPS) is 19.8. The molecule has 1 aromatic heterocycles. The largest absolute Gasteiger partial charge is 0.284 e. The van der Waals surface area contributed by atoms with Crippen molar-refractivity contribution in [1.82, 2.24) is 9.62 Å². The first-order valence-corrected chi connectivity index (χ1v) is 7.48. The number of rotatable bonds is 3. The number of amides is 2. The van der Waals surface area contributed by atoms with Crippen LogP contribution in [-0.4, -0.2) is 38.2 Å². The van der Waals surface area contributed by atoms with Gasteiger partial charge in [0.15, 0.2) is 0 Å². The third-order valence-corrected chi connectivity index (χ3v) is 5.59. The summed E-state index contributed by atoms with van der Waals surface area (Å²) in [6.07, 6.45) is -0.189. The van der Waals surface area contributed by atoms with Crippen LogP contribution in [0.1, 0.15) is 11.3 Å². The van der Waals surface area contributed by atoms with Crippen LogP contribution in [0.2, 0.25) is 0 Å². The SMILES string of the molecule is CN1C(=O)CC(NS(=O)(=O)c2ccc(C#N)s2)C1=O. The van der Waals surface area contributed by atoms with E-state index in [2.05, 4.69) is 4.72 Å². The van der Waals surface area contributed by atoms with Gasteiger partial charge in [0, 0.05) is 7.05 Å². The van der Waals surface area contributed by atoms with Crippen molar-refractivity contribution < 1.29 is 18.0 Å². The smallest absolute Gasteiger partial charge is 0.250 e. The van der Waals surface area contributed by atoms with Gasteiger partial charge >= 0.3 is 0 Å². The van der Waals surface area contributed by atoms with Crippen LogP contribution in [0.5, 0.6) is 0 Å². The van der Waals surface area contributed by atoms with E-state index in [1.807, 2.05) is 6.07 Å². The minimum absolute atomic E-state index is 0.0566. The summed E-state index contributed by atoms with van der Waals surface area (Å²) >= 11 is 0.805. The van der Waals surface area contributed by atoms with Crippen LogP contribution in [-0.2, 0) is 19.6 Å². The van der Waals surface area contributed by atoms with Crippen LogP contribution < -0.4 is 4.72 Å². The summed E-state index contributed by atoms with van der Waals surface area (Å²) in [5.74, 6) is -1.01. The van der Waals surface area contributed by atoms with Crippen molar-refractivity contribution in [1.29, 1.82) is 5.26 Å². The number of nitrogens with one attached hydrogen (secondary N) is 1. The van der Waals surface area contributed by atoms with Crippen LogP contribution in [0.15, 0.2) is 16.3 Å². The van der Waals surface area contributed by atoms with E-state index in [4.69, 9.17) is 5.26 Å². The molecule has 1 aliphatic rings. The number of hydrogen-bond donors (Lipinski definition) is 1. The van der Waals surface area contributed by atoms with E-state index in [0.29, 0.717) is 0 Å². The molecule has 100 valence electrons. The number of likely N-dealkylation sites (N-methyl/N-ethyl adjacent to an activating group) is 1. The Bertz CT molecular complexity index is 686. The summed E-state index contributed by atoms with van der Waals surface area (Å²) in [5, 5.41) is 8.65. The van der Waals surface area contributed by atoms with E-state index in [-0.39, 0.29) is 15.5 Å². The molecule has 1 saturated heterocycles. The van der Waals surface area contributed by atoms with Gasteiger partial charge in [-0.1, -0.05) is 0 Å². The van der Waals surface area contributed by atoms with Crippen LogP contribution in [0.3, 0.4) is 0 Å². The highest BCUT2D eigenvalue weighted by atomic mass is 32.2. The minimum Gasteiger partial charge on any atom is -0.284 e. The number of thiophene rings is 1. The number of nitrogens with zero attached hydrogens (tertiary/aromatic N) is 2. The van der Waals surface area contributed by atoms with Crippen molar-refractivity contribution in [2.45, 2.75) is 16.7 Å². The third-order valence-electron chi connectivity index (χ3n) is 2.64. The zero-order valence-corrected chi connectivity index (χ0v) is 11.4. The van der Waals surface area contributed by atoms with E-state index >= 15 is 0 Å². The van der Waals surface area contributed by atoms with Crippen molar-refractivity contribution in [3.8, 4) is 6.07 Å². The average Bonchev–Trinajstić information content (AvgIpc) is 2.92. The van der Waals surface area contributed by atoms with E-state index in [0.717, 1.165) is 16.2 Å². The molecule has 0 aliphatic carbocycles. The lowest BCUT2D eigenvalue weighted by molar-refractivity contribution is -0.137. The molecule has 1 fully saturated rings. The Morgan fingerprint density at radius 3 is 2.63 bits per heavy atom. The van der Waals surface area contributed by atoms with Crippen LogP contribution in [0.25, 0.3) is 0 Å². The fraction of sp³-hybridized carbons (Fsp3) is 0.300. The lowest BCUT2D eigenvalue weighted by Crippen LogP contribution is -2.40. The molecule has 0 saturated carbocycles. The molecular weight excluding hydrogens is 290 g/mol. The number of hydrogen-bond acceptors (Lipinski definition) is 6. The minimum atomic E-state index is -3.90. The number of nitriles is 1. The molecule has 1 N–H and O–H groups in total. The maximum Gasteiger partial charge on any atom is 0.250 e. The Morgan fingerprint density at radius 1 is 1.47 bits per heavy atom. The van der Waals surface area contributed by atoms with E-state index in [1.165, 1.54) is 19.2 Å². The predicted octanol–water partition coefficient (Wildman–Crippen LogP) is -0.345. The standard InChI is InChI=1S/C10H9N3O4S2/c1-13-8(14)4-7(10(13)15)12-19(16,17)9-3-2-6(5-11)18-9/h2-3,7,12H,4H2,1H3. The highest BCUT2D eigenvalue weighted by molar-refractivity contribution is 7.91. The quantitative estimate of drug-likeness (QED) is 0.768. The number of carbonyl (C=O) groups excluding carboxylic acids is 2. The average molecular weight is 299 g/mol. The highest BCUT2D eigenvalue weighted by Crippen LogP contribution is 2.22. The van der Waals surface area contributed by atoms with Crippen molar-refractivity contribution >= 4 is 33.2 Å². The van der Waals surface area contributed by atoms with Gasteiger partial charge in [0.05, 0.1) is 6.42 Å². The van der Waals surface area contributed by atoms with Gasteiger partial charge in [-0.05, 0) is 12.1 Å². The Kier molecular flexibility index (Phi) is 3.40. The van der Waals surface area contributed by atoms with Gasteiger partial charge in [-0.15, -0.1) is 11.3 Å². The molecule has 0 bridgehead atoms. The Hall–Kier alpha value is -1.76. The topological polar surface area (TPSA) is 107 Å². The van der Waals surface area contributed by atoms with E-state index in [1.54, 1.807) is 0 Å². The van der Waals surface area contributed by atoms with Gasteiger partial charge in [0.25, 0.3) is 10.0 Å². The molecule has 1 aromatic rings. The van der Waals surface area contributed by atoms with Gasteiger partial charge in [0.2, 0.25) is 11.8 Å². The third kappa shape index (κ3) is 2.51. The fourth-order valence-electron chi connectivity index (χ4n) is 1.62. The van der Waals surface area contributed by atoms with E-state index < -0.39 is 27.9 Å². The second-order valence-electron chi connectivity index (χ2n) is 3.90. The zero-order chi connectivity index (χ0) is 14.2. The molecule has 2 heterocycles. The summed E-state index contributed by atoms with van der Waals surface area (Å²) in [6, 6.07) is 3.43. The predicted molar refractivity (Wildman–Crippen MR) is 65.5 cm³/mol. The van der Waals surface area contributed by atoms with Crippen molar-refractivity contribution in [2.24, 2.45) is 0 Å². The maximum absolute atomic E-state index is 12.0. The number of sulfonamides is 1. The van der Waals surface area contributed by atoms with Crippen molar-refractivity contribution in [3.63, 3.8) is 0 Å². The highest BCUT2D eigenvalue weighted by Gasteiger charge is 2.38. The first-order valence-electron chi connectivity index (χ1n) is 5.18. The molecule has 7 nitrogen and oxygen atoms in total. The lowest BCUT2D eigenvalue weighted by Gasteiger charge is -2.10. The maximum atomic E-state index is 12.0. The molecule has 1 unspecified atom stereocenters. The summed E-state index contributed by atoms with van der Waals surface area (Å²) in [6.45, 7) is 0. The Balaban J connectivity index is 2.21. The van der Waals surface area contributed by atoms with Gasteiger partial charge in [-0.3, -0.25) is 14.5 Å². The molecule has 2 amide bonds. The van der Waals surface area contributed by atoms with Gasteiger partial charge in [0.1, 0.15) is 21.2 Å². The number of carbonyl (C=O) groups is 2. The summed E-state index contributed by atoms with van der Waals surface area (Å²) in [4.78, 5) is 24.1. The zero-order valence-electron chi connectivity index (χ0n) is 9.78. The summed E-state index contributed by atoms with van der Waals surface area (Å²) < 4.78 is 26.1. The first kappa shape index (κ1) is 13.7. The molecule has 0 radical (unpaired) electrons. The van der Waals surface area contributed by atoms with Crippen molar-refractivity contribution in [3.05, 3.63) is 17.0 Å². The van der Waals surface area contributed by atoms with Gasteiger partial charge < -0.3 is 0 Å². The lowest BCUT2D eigenvalue weighted by atomic mass is 10.3. The Morgan fingerprint density at radius 2 is 2.16 bits per heavy atom. The molecular formula is C10H9N3O4S2. The number of likely N-dealkylation sites (tertiary alicyclic amines) is 1. The molecule has 9 heteroatoms. The number of imide groups is 1. The molecule has 1 aliphatic heterocycles. The molecule has 2 rings (SSSR count). The van der Waals surface area contributed by atoms with Crippen LogP contribution >= 0.6 is 11.3 Å². The second-order valence-corrected chi connectivity index (χ2v) is 6.92. The first-order chi connectivity index (χ1) is 8.85. The molecule has 0 spiro atoms. The van der Waals surface area contributed by atoms with E-state index in [9.17, 15) is 18.0 Å². The Labute approximate surface area is 113 Å². The van der Waals surface area contributed by atoms with Gasteiger partial charge in [-0.2, -0.15) is 9.98 Å². The monoisotopic (exact) mass is 299 g/mol. The fourth-order valence-corrected chi connectivity index (χ4v) is 3.93. The summed E-state index contributed by atoms with van der Waals surface area (Å²) in [5.41, 5.74) is 0. The molecule has 1 atom stereocenters. The van der Waals surface area contributed by atoms with Crippen LogP contribution in [0, 0.1) is 11.3 Å². The molecule has 0 aromatic carbocycles. The second kappa shape index (κ2) is 4.73. The molecule has 19 heavy (non-hydrogen) atoms. The van der Waals surface area contributed by atoms with Crippen LogP contribution in [0.4, 0.5) is 0 Å². The van der Waals surface area contributed by atoms with Gasteiger partial charge in [-0.25, -0.2) is 8.42 Å².